The van der Waals surface area contributed by atoms with Gasteiger partial charge in [-0.25, -0.2) is 13.9 Å². The SMILES string of the molecule is O=[N+]([O-])c1ccc(NCc2ccnc3ccnn23)c(F)c1. The second-order valence-corrected chi connectivity index (χ2v) is 4.31. The molecule has 0 fully saturated rings. The molecular weight excluding hydrogens is 277 g/mol. The van der Waals surface area contributed by atoms with E-state index in [2.05, 4.69) is 15.4 Å². The van der Waals surface area contributed by atoms with Gasteiger partial charge in [-0.3, -0.25) is 10.1 Å². The number of nitro groups is 1. The number of anilines is 1. The van der Waals surface area contributed by atoms with E-state index in [1.165, 1.54) is 12.1 Å². The van der Waals surface area contributed by atoms with Crippen LogP contribution in [0.4, 0.5) is 15.8 Å². The summed E-state index contributed by atoms with van der Waals surface area (Å²) >= 11 is 0. The first kappa shape index (κ1) is 13.0. The third-order valence-corrected chi connectivity index (χ3v) is 2.99. The molecule has 0 saturated carbocycles. The minimum atomic E-state index is -0.671. The summed E-state index contributed by atoms with van der Waals surface area (Å²) in [6.45, 7) is 0.315. The van der Waals surface area contributed by atoms with Crippen molar-refractivity contribution in [1.82, 2.24) is 14.6 Å². The molecule has 21 heavy (non-hydrogen) atoms. The Balaban J connectivity index is 1.82. The molecule has 0 bridgehead atoms. The number of nitro benzene ring substituents is 1. The summed E-state index contributed by atoms with van der Waals surface area (Å²) in [6.07, 6.45) is 3.26. The van der Waals surface area contributed by atoms with E-state index in [0.29, 0.717) is 12.2 Å². The highest BCUT2D eigenvalue weighted by Crippen LogP contribution is 2.21. The van der Waals surface area contributed by atoms with Crippen LogP contribution in [0.5, 0.6) is 0 Å². The van der Waals surface area contributed by atoms with Gasteiger partial charge < -0.3 is 5.32 Å². The van der Waals surface area contributed by atoms with Crippen molar-refractivity contribution in [3.8, 4) is 0 Å². The number of halogens is 1. The highest BCUT2D eigenvalue weighted by molar-refractivity contribution is 5.50. The number of hydrogen-bond donors (Lipinski definition) is 1. The van der Waals surface area contributed by atoms with E-state index in [4.69, 9.17) is 0 Å². The molecule has 7 nitrogen and oxygen atoms in total. The Morgan fingerprint density at radius 1 is 1.29 bits per heavy atom. The maximum absolute atomic E-state index is 13.8. The summed E-state index contributed by atoms with van der Waals surface area (Å²) in [5, 5.41) is 17.6. The molecule has 0 aliphatic carbocycles. The van der Waals surface area contributed by atoms with Crippen LogP contribution in [-0.4, -0.2) is 19.5 Å². The van der Waals surface area contributed by atoms with Crippen LogP contribution in [0, 0.1) is 15.9 Å². The molecule has 3 rings (SSSR count). The number of benzene rings is 1. The zero-order valence-corrected chi connectivity index (χ0v) is 10.7. The van der Waals surface area contributed by atoms with Crippen molar-refractivity contribution in [2.45, 2.75) is 6.54 Å². The van der Waals surface area contributed by atoms with E-state index in [1.54, 1.807) is 29.0 Å². The Morgan fingerprint density at radius 3 is 2.90 bits per heavy atom. The topological polar surface area (TPSA) is 85.4 Å². The third-order valence-electron chi connectivity index (χ3n) is 2.99. The second-order valence-electron chi connectivity index (χ2n) is 4.31. The highest BCUT2D eigenvalue weighted by Gasteiger charge is 2.11. The van der Waals surface area contributed by atoms with Crippen molar-refractivity contribution in [2.24, 2.45) is 0 Å². The molecule has 1 N–H and O–H groups in total. The Hall–Kier alpha value is -3.03. The average molecular weight is 287 g/mol. The lowest BCUT2D eigenvalue weighted by molar-refractivity contribution is -0.385. The summed E-state index contributed by atoms with van der Waals surface area (Å²) in [5.74, 6) is -0.671. The third kappa shape index (κ3) is 2.50. The lowest BCUT2D eigenvalue weighted by Gasteiger charge is -2.08. The van der Waals surface area contributed by atoms with Crippen molar-refractivity contribution in [1.29, 1.82) is 0 Å². The predicted molar refractivity (Wildman–Crippen MR) is 73.4 cm³/mol. The largest absolute Gasteiger partial charge is 0.377 e. The van der Waals surface area contributed by atoms with E-state index in [0.717, 1.165) is 11.8 Å². The molecule has 0 radical (unpaired) electrons. The van der Waals surface area contributed by atoms with Crippen LogP contribution in [0.1, 0.15) is 5.69 Å². The van der Waals surface area contributed by atoms with Crippen LogP contribution < -0.4 is 5.32 Å². The van der Waals surface area contributed by atoms with Gasteiger partial charge in [0.05, 0.1) is 35.1 Å². The van der Waals surface area contributed by atoms with Crippen molar-refractivity contribution in [3.63, 3.8) is 0 Å². The Labute approximate surface area is 118 Å². The number of nitrogens with zero attached hydrogens (tertiary/aromatic N) is 4. The summed E-state index contributed by atoms with van der Waals surface area (Å²) in [4.78, 5) is 14.1. The van der Waals surface area contributed by atoms with Gasteiger partial charge in [-0.15, -0.1) is 0 Å². The summed E-state index contributed by atoms with van der Waals surface area (Å²) in [5.41, 5.74) is 1.40. The fourth-order valence-corrected chi connectivity index (χ4v) is 1.97. The minimum Gasteiger partial charge on any atom is -0.377 e. The molecule has 2 aromatic heterocycles. The Morgan fingerprint density at radius 2 is 2.14 bits per heavy atom. The second kappa shape index (κ2) is 5.16. The van der Waals surface area contributed by atoms with E-state index < -0.39 is 10.7 Å². The first-order chi connectivity index (χ1) is 10.1. The smallest absolute Gasteiger partial charge is 0.272 e. The molecule has 0 aliphatic rings. The molecule has 106 valence electrons. The van der Waals surface area contributed by atoms with E-state index in [9.17, 15) is 14.5 Å². The molecule has 0 unspecified atom stereocenters. The standard InChI is InChI=1S/C13H10FN5O2/c14-11-7-9(19(20)21)1-2-12(11)16-8-10-3-5-15-13-4-6-17-18(10)13/h1-7,16H,8H2. The Bertz CT molecular complexity index is 817. The fraction of sp³-hybridized carbons (Fsp3) is 0.0769. The Kier molecular flexibility index (Phi) is 3.19. The van der Waals surface area contributed by atoms with Gasteiger partial charge in [0.25, 0.3) is 5.69 Å². The van der Waals surface area contributed by atoms with Crippen molar-refractivity contribution in [3.05, 3.63) is 64.4 Å². The first-order valence-electron chi connectivity index (χ1n) is 6.10. The highest BCUT2D eigenvalue weighted by atomic mass is 19.1. The maximum atomic E-state index is 13.8. The molecule has 2 heterocycles. The van der Waals surface area contributed by atoms with E-state index in [-0.39, 0.29) is 11.4 Å². The lowest BCUT2D eigenvalue weighted by Crippen LogP contribution is -2.07. The minimum absolute atomic E-state index is 0.192. The summed E-state index contributed by atoms with van der Waals surface area (Å²) < 4.78 is 15.4. The zero-order valence-electron chi connectivity index (χ0n) is 10.7. The quantitative estimate of drug-likeness (QED) is 0.588. The number of hydrogen-bond acceptors (Lipinski definition) is 5. The molecule has 1 aromatic carbocycles. The number of nitrogens with one attached hydrogen (secondary N) is 1. The van der Waals surface area contributed by atoms with Crippen LogP contribution in [0.15, 0.2) is 42.7 Å². The van der Waals surface area contributed by atoms with E-state index >= 15 is 0 Å². The molecular formula is C13H10FN5O2. The summed E-state index contributed by atoms with van der Waals surface area (Å²) in [6, 6.07) is 7.00. The van der Waals surface area contributed by atoms with Crippen molar-refractivity contribution in [2.75, 3.05) is 5.32 Å². The van der Waals surface area contributed by atoms with Crippen LogP contribution in [0.2, 0.25) is 0 Å². The average Bonchev–Trinajstić information content (AvgIpc) is 2.94. The molecule has 3 aromatic rings. The van der Waals surface area contributed by atoms with Crippen LogP contribution in [-0.2, 0) is 6.54 Å². The lowest BCUT2D eigenvalue weighted by atomic mass is 10.2. The predicted octanol–water partition coefficient (Wildman–Crippen LogP) is 2.39. The fourth-order valence-electron chi connectivity index (χ4n) is 1.97. The van der Waals surface area contributed by atoms with Crippen LogP contribution in [0.3, 0.4) is 0 Å². The van der Waals surface area contributed by atoms with Gasteiger partial charge in [0.1, 0.15) is 0 Å². The van der Waals surface area contributed by atoms with Crippen LogP contribution >= 0.6 is 0 Å². The molecule has 0 spiro atoms. The van der Waals surface area contributed by atoms with Crippen molar-refractivity contribution >= 4 is 17.0 Å². The number of rotatable bonds is 4. The molecule has 0 saturated heterocycles. The van der Waals surface area contributed by atoms with Gasteiger partial charge in [-0.1, -0.05) is 0 Å². The van der Waals surface area contributed by atoms with E-state index in [1.807, 2.05) is 0 Å². The van der Waals surface area contributed by atoms with Crippen molar-refractivity contribution < 1.29 is 9.31 Å². The normalized spacial score (nSPS) is 10.7. The first-order valence-corrected chi connectivity index (χ1v) is 6.10. The van der Waals surface area contributed by atoms with Gasteiger partial charge in [0.2, 0.25) is 0 Å². The maximum Gasteiger partial charge on any atom is 0.272 e. The molecule has 0 atom stereocenters. The molecule has 0 aliphatic heterocycles. The van der Waals surface area contributed by atoms with Gasteiger partial charge in [0.15, 0.2) is 11.5 Å². The summed E-state index contributed by atoms with van der Waals surface area (Å²) in [7, 11) is 0. The monoisotopic (exact) mass is 287 g/mol. The van der Waals surface area contributed by atoms with Gasteiger partial charge in [0, 0.05) is 18.3 Å². The number of aromatic nitrogens is 3. The number of fused-ring (bicyclic) bond motifs is 1. The van der Waals surface area contributed by atoms with Gasteiger partial charge in [-0.2, -0.15) is 5.10 Å². The zero-order chi connectivity index (χ0) is 14.8. The van der Waals surface area contributed by atoms with Crippen LogP contribution in [0.25, 0.3) is 5.65 Å². The van der Waals surface area contributed by atoms with Gasteiger partial charge >= 0.3 is 0 Å². The molecule has 8 heteroatoms. The molecule has 0 amide bonds. The van der Waals surface area contributed by atoms with Gasteiger partial charge in [-0.05, 0) is 12.1 Å². The number of non-ortho nitro benzene ring substituents is 1.